The van der Waals surface area contributed by atoms with Gasteiger partial charge in [-0.05, 0) is 38.2 Å². The summed E-state index contributed by atoms with van der Waals surface area (Å²) < 4.78 is 12.1. The van der Waals surface area contributed by atoms with Crippen molar-refractivity contribution in [3.05, 3.63) is 48.0 Å². The van der Waals surface area contributed by atoms with Crippen molar-refractivity contribution in [1.82, 2.24) is 5.32 Å². The van der Waals surface area contributed by atoms with Crippen molar-refractivity contribution in [1.29, 1.82) is 0 Å². The molecule has 158 valence electrons. The van der Waals surface area contributed by atoms with Crippen LogP contribution in [0.4, 0.5) is 0 Å². The number of unbranched alkanes of at least 4 members (excludes halogenated alkanes) is 1. The number of aldehydes is 1. The highest BCUT2D eigenvalue weighted by atomic mass is 16.7. The molecule has 1 heterocycles. The average molecular weight is 403 g/mol. The average Bonchev–Trinajstić information content (AvgIpc) is 2.71. The molecule has 0 radical (unpaired) electrons. The molecule has 1 aromatic rings. The van der Waals surface area contributed by atoms with Crippen LogP contribution in [0.25, 0.3) is 0 Å². The molecular formula is C22H29NO6. The number of hydrogen-bond acceptors (Lipinski definition) is 5. The van der Waals surface area contributed by atoms with Crippen LogP contribution in [0, 0.1) is 5.92 Å². The zero-order chi connectivity index (χ0) is 21.1. The zero-order valence-electron chi connectivity index (χ0n) is 16.7. The van der Waals surface area contributed by atoms with Gasteiger partial charge < -0.3 is 19.9 Å². The predicted molar refractivity (Wildman–Crippen MR) is 107 cm³/mol. The predicted octanol–water partition coefficient (Wildman–Crippen LogP) is 2.49. The molecule has 0 saturated carbocycles. The molecule has 2 N–H and O–H groups in total. The van der Waals surface area contributed by atoms with E-state index in [-0.39, 0.29) is 31.3 Å². The van der Waals surface area contributed by atoms with Crippen molar-refractivity contribution < 1.29 is 29.0 Å². The van der Waals surface area contributed by atoms with Gasteiger partial charge in [0.2, 0.25) is 6.29 Å². The molecule has 29 heavy (non-hydrogen) atoms. The maximum atomic E-state index is 11.3. The number of carboxylic acids is 1. The van der Waals surface area contributed by atoms with E-state index >= 15 is 0 Å². The van der Waals surface area contributed by atoms with E-state index in [2.05, 4.69) is 5.32 Å². The first kappa shape index (κ1) is 22.8. The van der Waals surface area contributed by atoms with Crippen molar-refractivity contribution in [2.75, 3.05) is 13.2 Å². The highest BCUT2D eigenvalue weighted by Gasteiger charge is 2.39. The molecule has 1 aliphatic heterocycles. The van der Waals surface area contributed by atoms with Crippen molar-refractivity contribution in [3.8, 4) is 0 Å². The van der Waals surface area contributed by atoms with Crippen LogP contribution >= 0.6 is 0 Å². The smallest absolute Gasteiger partial charge is 0.303 e. The van der Waals surface area contributed by atoms with Crippen LogP contribution in [-0.4, -0.2) is 48.3 Å². The third-order valence-electron chi connectivity index (χ3n) is 4.87. The summed E-state index contributed by atoms with van der Waals surface area (Å²) in [6.07, 6.45) is 7.13. The van der Waals surface area contributed by atoms with Crippen LogP contribution in [0.3, 0.4) is 0 Å². The van der Waals surface area contributed by atoms with E-state index in [1.165, 1.54) is 0 Å². The Balaban J connectivity index is 1.97. The Morgan fingerprint density at radius 2 is 2.03 bits per heavy atom. The number of ether oxygens (including phenoxy) is 2. The molecule has 1 aromatic carbocycles. The largest absolute Gasteiger partial charge is 0.481 e. The third-order valence-corrected chi connectivity index (χ3v) is 4.87. The highest BCUT2D eigenvalue weighted by Crippen LogP contribution is 2.30. The topological polar surface area (TPSA) is 102 Å². The standard InChI is InChI=1S/C22H29NO6/c1-22(16-23-20(25)14-24)28-15-18(11-7-2-3-8-12-21(26)27)19(29-22)13-17-9-5-4-6-10-17/h2,4-7,9-10,14,18-19H,3,8,11-13,15-16H2,1H3,(H,23,25)(H,26,27)/b7-2-/t18-,19+,22+/m0/s1. The first-order valence-electron chi connectivity index (χ1n) is 9.87. The molecule has 1 saturated heterocycles. The molecule has 1 amide bonds. The lowest BCUT2D eigenvalue weighted by Crippen LogP contribution is -2.54. The van der Waals surface area contributed by atoms with E-state index < -0.39 is 17.7 Å². The maximum Gasteiger partial charge on any atom is 0.303 e. The Morgan fingerprint density at radius 3 is 2.72 bits per heavy atom. The summed E-state index contributed by atoms with van der Waals surface area (Å²) in [5.74, 6) is -2.36. The van der Waals surface area contributed by atoms with Gasteiger partial charge in [-0.3, -0.25) is 14.4 Å². The minimum absolute atomic E-state index is 0.0909. The Kier molecular flexibility index (Phi) is 9.02. The third kappa shape index (κ3) is 8.17. The molecule has 0 bridgehead atoms. The van der Waals surface area contributed by atoms with Crippen molar-refractivity contribution in [2.45, 2.75) is 50.9 Å². The van der Waals surface area contributed by atoms with Crippen LogP contribution in [0.15, 0.2) is 42.5 Å². The molecular weight excluding hydrogens is 374 g/mol. The molecule has 7 heteroatoms. The summed E-state index contributed by atoms with van der Waals surface area (Å²) in [5.41, 5.74) is 1.15. The van der Waals surface area contributed by atoms with Gasteiger partial charge in [0, 0.05) is 12.3 Å². The van der Waals surface area contributed by atoms with Crippen LogP contribution in [-0.2, 0) is 30.3 Å². The van der Waals surface area contributed by atoms with E-state index in [4.69, 9.17) is 14.6 Å². The van der Waals surface area contributed by atoms with Gasteiger partial charge in [0.1, 0.15) is 0 Å². The Morgan fingerprint density at radius 1 is 1.28 bits per heavy atom. The Hall–Kier alpha value is -2.51. The van der Waals surface area contributed by atoms with Crippen LogP contribution in [0.5, 0.6) is 0 Å². The fraction of sp³-hybridized carbons (Fsp3) is 0.500. The fourth-order valence-corrected chi connectivity index (χ4v) is 3.26. The second kappa shape index (κ2) is 11.5. The number of hydrogen-bond donors (Lipinski definition) is 2. The maximum absolute atomic E-state index is 11.3. The molecule has 0 spiro atoms. The number of carbonyl (C=O) groups is 3. The number of amides is 1. The number of rotatable bonds is 11. The second-order valence-electron chi connectivity index (χ2n) is 7.38. The molecule has 7 nitrogen and oxygen atoms in total. The molecule has 1 fully saturated rings. The summed E-state index contributed by atoms with van der Waals surface area (Å²) in [6.45, 7) is 2.31. The fourth-order valence-electron chi connectivity index (χ4n) is 3.26. The first-order chi connectivity index (χ1) is 13.9. The minimum atomic E-state index is -1.00. The normalized spacial score (nSPS) is 24.3. The summed E-state index contributed by atoms with van der Waals surface area (Å²) in [7, 11) is 0. The Bertz CT molecular complexity index is 705. The van der Waals surface area contributed by atoms with Crippen LogP contribution in [0.1, 0.15) is 38.2 Å². The number of allylic oxidation sites excluding steroid dienone is 2. The number of aliphatic carboxylic acids is 1. The van der Waals surface area contributed by atoms with Gasteiger partial charge >= 0.3 is 5.97 Å². The van der Waals surface area contributed by atoms with Crippen molar-refractivity contribution in [3.63, 3.8) is 0 Å². The number of carboxylic acid groups (broad SMARTS) is 1. The van der Waals surface area contributed by atoms with Crippen molar-refractivity contribution in [2.24, 2.45) is 5.92 Å². The van der Waals surface area contributed by atoms with Gasteiger partial charge in [0.05, 0.1) is 19.3 Å². The molecule has 3 atom stereocenters. The first-order valence-corrected chi connectivity index (χ1v) is 9.87. The highest BCUT2D eigenvalue weighted by molar-refractivity contribution is 6.23. The van der Waals surface area contributed by atoms with Crippen LogP contribution in [0.2, 0.25) is 0 Å². The van der Waals surface area contributed by atoms with Gasteiger partial charge in [-0.25, -0.2) is 0 Å². The van der Waals surface area contributed by atoms with Gasteiger partial charge in [-0.1, -0.05) is 42.5 Å². The number of carbonyl (C=O) groups excluding carboxylic acids is 2. The van der Waals surface area contributed by atoms with E-state index in [0.717, 1.165) is 18.4 Å². The Labute approximate surface area is 171 Å². The van der Waals surface area contributed by atoms with Gasteiger partial charge in [0.25, 0.3) is 5.91 Å². The van der Waals surface area contributed by atoms with Crippen LogP contribution < -0.4 is 5.32 Å². The summed E-state index contributed by atoms with van der Waals surface area (Å²) in [5, 5.41) is 11.2. The molecule has 1 aliphatic rings. The summed E-state index contributed by atoms with van der Waals surface area (Å²) in [6, 6.07) is 10.0. The van der Waals surface area contributed by atoms with Gasteiger partial charge in [0.15, 0.2) is 5.79 Å². The van der Waals surface area contributed by atoms with E-state index in [1.54, 1.807) is 6.92 Å². The number of benzene rings is 1. The SMILES string of the molecule is C[C@@]1(CNC(=O)C=O)OC[C@H](C/C=C\CCCC(=O)O)[C@@H](Cc2ccccc2)O1. The number of nitrogens with one attached hydrogen (secondary N) is 1. The molecule has 0 unspecified atom stereocenters. The van der Waals surface area contributed by atoms with E-state index in [1.807, 2.05) is 42.5 Å². The van der Waals surface area contributed by atoms with E-state index in [9.17, 15) is 14.4 Å². The summed E-state index contributed by atoms with van der Waals surface area (Å²) in [4.78, 5) is 32.4. The minimum Gasteiger partial charge on any atom is -0.481 e. The quantitative estimate of drug-likeness (QED) is 0.255. The van der Waals surface area contributed by atoms with Gasteiger partial charge in [-0.2, -0.15) is 0 Å². The molecule has 2 rings (SSSR count). The zero-order valence-corrected chi connectivity index (χ0v) is 16.7. The van der Waals surface area contributed by atoms with Crippen molar-refractivity contribution >= 4 is 18.2 Å². The lowest BCUT2D eigenvalue weighted by atomic mass is 9.91. The molecule has 0 aromatic heterocycles. The monoisotopic (exact) mass is 403 g/mol. The summed E-state index contributed by atoms with van der Waals surface area (Å²) >= 11 is 0. The lowest BCUT2D eigenvalue weighted by molar-refractivity contribution is -0.297. The van der Waals surface area contributed by atoms with Gasteiger partial charge in [-0.15, -0.1) is 0 Å². The van der Waals surface area contributed by atoms with E-state index in [0.29, 0.717) is 19.4 Å². The second-order valence-corrected chi connectivity index (χ2v) is 7.38. The molecule has 0 aliphatic carbocycles. The lowest BCUT2D eigenvalue weighted by Gasteiger charge is -2.43.